The van der Waals surface area contributed by atoms with Crippen LogP contribution in [0.4, 0.5) is 0 Å². The Morgan fingerprint density at radius 1 is 1.00 bits per heavy atom. The first kappa shape index (κ1) is 14.9. The van der Waals surface area contributed by atoms with Gasteiger partial charge in [-0.2, -0.15) is 0 Å². The molecule has 0 N–H and O–H groups in total. The molecule has 0 aromatic heterocycles. The smallest absolute Gasteiger partial charge is 0.345 e. The van der Waals surface area contributed by atoms with E-state index in [2.05, 4.69) is 31.9 Å². The highest BCUT2D eigenvalue weighted by molar-refractivity contribution is 9.26. The van der Waals surface area contributed by atoms with Crippen LogP contribution in [0.3, 0.4) is 0 Å². The molecule has 88 valence electrons. The normalized spacial score (nSPS) is 10.9. The van der Waals surface area contributed by atoms with Crippen molar-refractivity contribution < 1.29 is 19.1 Å². The van der Waals surface area contributed by atoms with Gasteiger partial charge in [0.15, 0.2) is 0 Å². The van der Waals surface area contributed by atoms with E-state index in [1.807, 2.05) is 13.8 Å². The van der Waals surface area contributed by atoms with Crippen molar-refractivity contribution in [3.05, 3.63) is 0 Å². The molecule has 0 saturated heterocycles. The molecule has 0 aromatic rings. The molecule has 4 nitrogen and oxygen atoms in total. The van der Waals surface area contributed by atoms with Crippen LogP contribution in [0.1, 0.15) is 26.7 Å². The second-order valence-corrected chi connectivity index (χ2v) is 6.29. The van der Waals surface area contributed by atoms with Gasteiger partial charge in [-0.25, -0.2) is 9.59 Å². The van der Waals surface area contributed by atoms with Crippen molar-refractivity contribution in [2.75, 3.05) is 13.2 Å². The van der Waals surface area contributed by atoms with Crippen LogP contribution in [-0.2, 0) is 19.1 Å². The van der Waals surface area contributed by atoms with Crippen molar-refractivity contribution in [2.24, 2.45) is 0 Å². The zero-order valence-electron chi connectivity index (χ0n) is 8.72. The molecule has 0 saturated carbocycles. The molecule has 0 amide bonds. The zero-order valence-corrected chi connectivity index (χ0v) is 11.9. The summed E-state index contributed by atoms with van der Waals surface area (Å²) in [5.74, 6) is -1.38. The van der Waals surface area contributed by atoms with E-state index in [0.29, 0.717) is 12.8 Å². The molecule has 0 heterocycles. The van der Waals surface area contributed by atoms with Gasteiger partial charge in [0.05, 0.1) is 13.2 Å². The standard InChI is InChI=1S/C9H14Br2O4/c1-3-5-14-7(12)9(10,11)8(13)15-6-4-2/h3-6H2,1-2H3. The van der Waals surface area contributed by atoms with E-state index < -0.39 is 15.2 Å². The molecule has 0 spiro atoms. The largest absolute Gasteiger partial charge is 0.464 e. The minimum Gasteiger partial charge on any atom is -0.464 e. The first-order valence-corrected chi connectivity index (χ1v) is 6.27. The monoisotopic (exact) mass is 344 g/mol. The molecule has 0 unspecified atom stereocenters. The van der Waals surface area contributed by atoms with Crippen LogP contribution in [0.5, 0.6) is 0 Å². The Morgan fingerprint density at radius 3 is 1.60 bits per heavy atom. The third-order valence-electron chi connectivity index (χ3n) is 1.39. The number of esters is 2. The quantitative estimate of drug-likeness (QED) is 0.421. The fourth-order valence-corrected chi connectivity index (χ4v) is 1.11. The lowest BCUT2D eigenvalue weighted by Crippen LogP contribution is -2.37. The van der Waals surface area contributed by atoms with Crippen LogP contribution in [0, 0.1) is 0 Å². The topological polar surface area (TPSA) is 52.6 Å². The maximum atomic E-state index is 11.4. The number of rotatable bonds is 6. The third kappa shape index (κ3) is 4.97. The van der Waals surface area contributed by atoms with Gasteiger partial charge in [-0.3, -0.25) is 0 Å². The van der Waals surface area contributed by atoms with Crippen molar-refractivity contribution in [1.82, 2.24) is 0 Å². The fourth-order valence-electron chi connectivity index (χ4n) is 0.654. The Balaban J connectivity index is 4.24. The van der Waals surface area contributed by atoms with Crippen LogP contribution in [0.2, 0.25) is 0 Å². The molecule has 0 aromatic carbocycles. The van der Waals surface area contributed by atoms with Gasteiger partial charge in [-0.05, 0) is 44.7 Å². The van der Waals surface area contributed by atoms with Crippen molar-refractivity contribution >= 4 is 43.8 Å². The molecule has 15 heavy (non-hydrogen) atoms. The number of halogens is 2. The molecule has 0 bridgehead atoms. The van der Waals surface area contributed by atoms with E-state index in [1.54, 1.807) is 0 Å². The number of ether oxygens (including phenoxy) is 2. The predicted octanol–water partition coefficient (Wildman–Crippen LogP) is 2.38. The van der Waals surface area contributed by atoms with E-state index in [4.69, 9.17) is 9.47 Å². The fraction of sp³-hybridized carbons (Fsp3) is 0.778. The van der Waals surface area contributed by atoms with E-state index in [1.165, 1.54) is 0 Å². The highest BCUT2D eigenvalue weighted by atomic mass is 79.9. The molecule has 0 rings (SSSR count). The molecule has 0 atom stereocenters. The van der Waals surface area contributed by atoms with Crippen LogP contribution >= 0.6 is 31.9 Å². The lowest BCUT2D eigenvalue weighted by molar-refractivity contribution is -0.154. The molecular weight excluding hydrogens is 332 g/mol. The van der Waals surface area contributed by atoms with E-state index in [9.17, 15) is 9.59 Å². The van der Waals surface area contributed by atoms with Crippen LogP contribution in [0.25, 0.3) is 0 Å². The number of hydrogen-bond acceptors (Lipinski definition) is 4. The summed E-state index contributed by atoms with van der Waals surface area (Å²) in [7, 11) is 0. The minimum absolute atomic E-state index is 0.277. The van der Waals surface area contributed by atoms with Gasteiger partial charge in [0.25, 0.3) is 3.23 Å². The number of carbonyl (C=O) groups is 2. The van der Waals surface area contributed by atoms with Gasteiger partial charge in [-0.15, -0.1) is 0 Å². The number of alkyl halides is 2. The summed E-state index contributed by atoms with van der Waals surface area (Å²) >= 11 is 5.88. The number of carbonyl (C=O) groups excluding carboxylic acids is 2. The zero-order chi connectivity index (χ0) is 11.9. The van der Waals surface area contributed by atoms with Gasteiger partial charge >= 0.3 is 11.9 Å². The van der Waals surface area contributed by atoms with Crippen LogP contribution in [0.15, 0.2) is 0 Å². The molecule has 0 aliphatic rings. The maximum Gasteiger partial charge on any atom is 0.345 e. The summed E-state index contributed by atoms with van der Waals surface area (Å²) in [5.41, 5.74) is 0. The summed E-state index contributed by atoms with van der Waals surface area (Å²) < 4.78 is 8.07. The maximum absolute atomic E-state index is 11.4. The first-order chi connectivity index (χ1) is 6.96. The Hall–Kier alpha value is -0.100. The highest BCUT2D eigenvalue weighted by Crippen LogP contribution is 2.29. The summed E-state index contributed by atoms with van der Waals surface area (Å²) in [6.45, 7) is 4.29. The Kier molecular flexibility index (Phi) is 7.17. The lowest BCUT2D eigenvalue weighted by Gasteiger charge is -2.16. The molecule has 0 aliphatic heterocycles. The van der Waals surface area contributed by atoms with Crippen molar-refractivity contribution in [1.29, 1.82) is 0 Å². The Bertz CT molecular complexity index is 206. The van der Waals surface area contributed by atoms with Gasteiger partial charge in [0.1, 0.15) is 0 Å². The van der Waals surface area contributed by atoms with Crippen LogP contribution in [-0.4, -0.2) is 28.4 Å². The lowest BCUT2D eigenvalue weighted by atomic mass is 10.4. The van der Waals surface area contributed by atoms with Gasteiger partial charge in [-0.1, -0.05) is 13.8 Å². The van der Waals surface area contributed by atoms with Crippen molar-refractivity contribution in [2.45, 2.75) is 29.9 Å². The molecular formula is C9H14Br2O4. The van der Waals surface area contributed by atoms with E-state index in [0.717, 1.165) is 0 Å². The van der Waals surface area contributed by atoms with Crippen molar-refractivity contribution in [3.8, 4) is 0 Å². The van der Waals surface area contributed by atoms with Crippen molar-refractivity contribution in [3.63, 3.8) is 0 Å². The summed E-state index contributed by atoms with van der Waals surface area (Å²) in [6, 6.07) is 0. The second kappa shape index (κ2) is 7.22. The molecule has 6 heteroatoms. The Morgan fingerprint density at radius 2 is 1.33 bits per heavy atom. The van der Waals surface area contributed by atoms with E-state index in [-0.39, 0.29) is 13.2 Å². The predicted molar refractivity (Wildman–Crippen MR) is 63.1 cm³/mol. The SMILES string of the molecule is CCCOC(=O)C(Br)(Br)C(=O)OCCC. The van der Waals surface area contributed by atoms with Gasteiger partial charge < -0.3 is 9.47 Å². The summed E-state index contributed by atoms with van der Waals surface area (Å²) in [6.07, 6.45) is 1.40. The third-order valence-corrected chi connectivity index (χ3v) is 2.68. The first-order valence-electron chi connectivity index (χ1n) is 4.69. The van der Waals surface area contributed by atoms with Crippen LogP contribution < -0.4 is 0 Å². The molecule has 0 radical (unpaired) electrons. The van der Waals surface area contributed by atoms with E-state index >= 15 is 0 Å². The minimum atomic E-state index is -1.58. The van der Waals surface area contributed by atoms with Gasteiger partial charge in [0, 0.05) is 0 Å². The summed E-state index contributed by atoms with van der Waals surface area (Å²) in [4.78, 5) is 22.8. The average molecular weight is 346 g/mol. The average Bonchev–Trinajstić information content (AvgIpc) is 2.21. The van der Waals surface area contributed by atoms with Gasteiger partial charge in [0.2, 0.25) is 0 Å². The number of hydrogen-bond donors (Lipinski definition) is 0. The highest BCUT2D eigenvalue weighted by Gasteiger charge is 2.44. The Labute approximate surface area is 106 Å². The molecule has 0 aliphatic carbocycles. The second-order valence-electron chi connectivity index (χ2n) is 2.85. The molecule has 0 fully saturated rings. The summed E-state index contributed by atoms with van der Waals surface area (Å²) in [5, 5.41) is 0.